The topological polar surface area (TPSA) is 66.9 Å². The summed E-state index contributed by atoms with van der Waals surface area (Å²) >= 11 is 1.57. The predicted molar refractivity (Wildman–Crippen MR) is 108 cm³/mol. The Morgan fingerprint density at radius 1 is 1.18 bits per heavy atom. The summed E-state index contributed by atoms with van der Waals surface area (Å²) in [7, 11) is 1.34. The van der Waals surface area contributed by atoms with Gasteiger partial charge in [0.2, 0.25) is 11.8 Å². The van der Waals surface area contributed by atoms with Crippen LogP contribution in [0.1, 0.15) is 27.2 Å². The zero-order valence-corrected chi connectivity index (χ0v) is 16.5. The first-order chi connectivity index (χ1) is 13.6. The average molecular weight is 398 g/mol. The fourth-order valence-corrected chi connectivity index (χ4v) is 3.65. The first kappa shape index (κ1) is 19.8. The largest absolute Gasteiger partial charge is 0.465 e. The van der Waals surface area contributed by atoms with E-state index in [0.717, 1.165) is 10.4 Å². The molecule has 6 nitrogen and oxygen atoms in total. The number of hydrogen-bond donors (Lipinski definition) is 0. The molecule has 1 aromatic heterocycles. The quantitative estimate of drug-likeness (QED) is 0.574. The Morgan fingerprint density at radius 3 is 2.79 bits per heavy atom. The maximum Gasteiger partial charge on any atom is 0.337 e. The van der Waals surface area contributed by atoms with Crippen molar-refractivity contribution < 1.29 is 19.1 Å². The molecule has 0 N–H and O–H groups in total. The van der Waals surface area contributed by atoms with Gasteiger partial charge in [0.15, 0.2) is 0 Å². The Bertz CT molecular complexity index is 876. The van der Waals surface area contributed by atoms with E-state index in [1.54, 1.807) is 51.5 Å². The molecule has 1 fully saturated rings. The summed E-state index contributed by atoms with van der Waals surface area (Å²) in [6.07, 6.45) is 3.65. The summed E-state index contributed by atoms with van der Waals surface area (Å²) < 4.78 is 4.74. The standard InChI is InChI=1S/C21H22N2O4S/c1-27-21(26)17-5-2-4-16(14-17)15-23-12-11-22(10-9-20(23)25)19(24)8-7-18-6-3-13-28-18/h2-8,13-14H,9-12,15H2,1H3. The first-order valence-corrected chi connectivity index (χ1v) is 9.90. The van der Waals surface area contributed by atoms with Gasteiger partial charge in [-0.25, -0.2) is 4.79 Å². The van der Waals surface area contributed by atoms with E-state index < -0.39 is 5.97 Å². The van der Waals surface area contributed by atoms with Crippen LogP contribution in [-0.2, 0) is 20.9 Å². The van der Waals surface area contributed by atoms with Crippen LogP contribution < -0.4 is 0 Å². The zero-order chi connectivity index (χ0) is 19.9. The Hall–Kier alpha value is -2.93. The third kappa shape index (κ3) is 5.07. The lowest BCUT2D eigenvalue weighted by Gasteiger charge is -2.22. The van der Waals surface area contributed by atoms with E-state index >= 15 is 0 Å². The maximum absolute atomic E-state index is 12.5. The number of nitrogens with zero attached hydrogens (tertiary/aromatic N) is 2. The lowest BCUT2D eigenvalue weighted by Crippen LogP contribution is -2.34. The minimum absolute atomic E-state index is 0.000933. The lowest BCUT2D eigenvalue weighted by atomic mass is 10.1. The van der Waals surface area contributed by atoms with Crippen molar-refractivity contribution in [3.05, 3.63) is 63.9 Å². The van der Waals surface area contributed by atoms with Crippen LogP contribution in [0.3, 0.4) is 0 Å². The number of ether oxygens (including phenoxy) is 1. The zero-order valence-electron chi connectivity index (χ0n) is 15.7. The summed E-state index contributed by atoms with van der Waals surface area (Å²) in [6.45, 7) is 1.75. The van der Waals surface area contributed by atoms with Gasteiger partial charge in [-0.3, -0.25) is 9.59 Å². The van der Waals surface area contributed by atoms with Gasteiger partial charge in [0.25, 0.3) is 0 Å². The minimum atomic E-state index is -0.404. The third-order valence-electron chi connectivity index (χ3n) is 4.55. The average Bonchev–Trinajstić information content (AvgIpc) is 3.17. The van der Waals surface area contributed by atoms with Crippen LogP contribution in [0.2, 0.25) is 0 Å². The number of methoxy groups -OCH3 is 1. The van der Waals surface area contributed by atoms with Crippen molar-refractivity contribution in [2.75, 3.05) is 26.7 Å². The number of carbonyl (C=O) groups excluding carboxylic acids is 3. The predicted octanol–water partition coefficient (Wildman–Crippen LogP) is 2.81. The monoisotopic (exact) mass is 398 g/mol. The highest BCUT2D eigenvalue weighted by atomic mass is 32.1. The number of thiophene rings is 1. The van der Waals surface area contributed by atoms with Crippen LogP contribution >= 0.6 is 11.3 Å². The van der Waals surface area contributed by atoms with Crippen LogP contribution in [0.15, 0.2) is 47.9 Å². The van der Waals surface area contributed by atoms with Crippen LogP contribution in [0.25, 0.3) is 6.08 Å². The molecule has 2 heterocycles. The Morgan fingerprint density at radius 2 is 2.04 bits per heavy atom. The smallest absolute Gasteiger partial charge is 0.337 e. The number of esters is 1. The van der Waals surface area contributed by atoms with Gasteiger partial charge in [-0.15, -0.1) is 11.3 Å². The Labute approximate surface area is 168 Å². The Kier molecular flexibility index (Phi) is 6.60. The molecule has 2 amide bonds. The van der Waals surface area contributed by atoms with E-state index in [1.807, 2.05) is 23.6 Å². The summed E-state index contributed by atoms with van der Waals surface area (Å²) in [6, 6.07) is 10.9. The van der Waals surface area contributed by atoms with Crippen LogP contribution in [0.5, 0.6) is 0 Å². The van der Waals surface area contributed by atoms with Gasteiger partial charge in [0, 0.05) is 43.6 Å². The lowest BCUT2D eigenvalue weighted by molar-refractivity contribution is -0.130. The highest BCUT2D eigenvalue weighted by molar-refractivity contribution is 7.10. The van der Waals surface area contributed by atoms with Gasteiger partial charge in [-0.1, -0.05) is 18.2 Å². The molecule has 3 rings (SSSR count). The molecule has 7 heteroatoms. The van der Waals surface area contributed by atoms with E-state index in [2.05, 4.69) is 0 Å². The Balaban J connectivity index is 1.62. The molecule has 2 aromatic rings. The molecule has 1 aliphatic rings. The van der Waals surface area contributed by atoms with E-state index in [9.17, 15) is 14.4 Å². The van der Waals surface area contributed by atoms with Crippen LogP contribution in [-0.4, -0.2) is 54.3 Å². The molecular weight excluding hydrogens is 376 g/mol. The van der Waals surface area contributed by atoms with E-state index in [4.69, 9.17) is 4.74 Å². The molecular formula is C21H22N2O4S. The normalized spacial score (nSPS) is 15.0. The fraction of sp³-hybridized carbons (Fsp3) is 0.286. The minimum Gasteiger partial charge on any atom is -0.465 e. The molecule has 0 saturated carbocycles. The van der Waals surface area contributed by atoms with Crippen molar-refractivity contribution in [2.45, 2.75) is 13.0 Å². The number of carbonyl (C=O) groups is 3. The highest BCUT2D eigenvalue weighted by Crippen LogP contribution is 2.14. The second-order valence-corrected chi connectivity index (χ2v) is 7.41. The van der Waals surface area contributed by atoms with Gasteiger partial charge in [-0.05, 0) is 35.2 Å². The molecule has 28 heavy (non-hydrogen) atoms. The van der Waals surface area contributed by atoms with Crippen LogP contribution in [0, 0.1) is 0 Å². The molecule has 0 atom stereocenters. The first-order valence-electron chi connectivity index (χ1n) is 9.02. The van der Waals surface area contributed by atoms with Crippen molar-refractivity contribution in [3.8, 4) is 0 Å². The van der Waals surface area contributed by atoms with Gasteiger partial charge >= 0.3 is 5.97 Å². The number of amides is 2. The molecule has 0 bridgehead atoms. The summed E-state index contributed by atoms with van der Waals surface area (Å²) in [5.74, 6) is -0.491. The van der Waals surface area contributed by atoms with Crippen molar-refractivity contribution >= 4 is 35.2 Å². The molecule has 146 valence electrons. The molecule has 0 spiro atoms. The SMILES string of the molecule is COC(=O)c1cccc(CN2CCN(C(=O)C=Cc3cccs3)CCC2=O)c1. The van der Waals surface area contributed by atoms with Crippen LogP contribution in [0.4, 0.5) is 0 Å². The van der Waals surface area contributed by atoms with Crippen molar-refractivity contribution in [2.24, 2.45) is 0 Å². The summed E-state index contributed by atoms with van der Waals surface area (Å²) in [5, 5.41) is 1.96. The van der Waals surface area contributed by atoms with E-state index in [0.29, 0.717) is 31.7 Å². The highest BCUT2D eigenvalue weighted by Gasteiger charge is 2.23. The van der Waals surface area contributed by atoms with E-state index in [1.165, 1.54) is 7.11 Å². The van der Waals surface area contributed by atoms with Gasteiger partial charge in [0.1, 0.15) is 0 Å². The summed E-state index contributed by atoms with van der Waals surface area (Å²) in [4.78, 5) is 41.1. The second-order valence-electron chi connectivity index (χ2n) is 6.43. The summed E-state index contributed by atoms with van der Waals surface area (Å²) in [5.41, 5.74) is 1.31. The number of hydrogen-bond acceptors (Lipinski definition) is 5. The number of benzene rings is 1. The van der Waals surface area contributed by atoms with Gasteiger partial charge < -0.3 is 14.5 Å². The maximum atomic E-state index is 12.5. The second kappa shape index (κ2) is 9.32. The molecule has 0 radical (unpaired) electrons. The molecule has 0 aliphatic carbocycles. The fourth-order valence-electron chi connectivity index (χ4n) is 3.03. The molecule has 1 aromatic carbocycles. The molecule has 1 aliphatic heterocycles. The number of rotatable bonds is 5. The molecule has 1 saturated heterocycles. The van der Waals surface area contributed by atoms with Gasteiger partial charge in [0.05, 0.1) is 12.7 Å². The van der Waals surface area contributed by atoms with E-state index in [-0.39, 0.29) is 18.2 Å². The third-order valence-corrected chi connectivity index (χ3v) is 5.39. The van der Waals surface area contributed by atoms with Crippen molar-refractivity contribution in [3.63, 3.8) is 0 Å². The molecule has 0 unspecified atom stereocenters. The van der Waals surface area contributed by atoms with Crippen molar-refractivity contribution in [1.82, 2.24) is 9.80 Å². The van der Waals surface area contributed by atoms with Gasteiger partial charge in [-0.2, -0.15) is 0 Å². The van der Waals surface area contributed by atoms with Crippen molar-refractivity contribution in [1.29, 1.82) is 0 Å².